The third-order valence-corrected chi connectivity index (χ3v) is 3.28. The van der Waals surface area contributed by atoms with Gasteiger partial charge in [-0.2, -0.15) is 0 Å². The lowest BCUT2D eigenvalue weighted by molar-refractivity contribution is -0.126. The third-order valence-electron chi connectivity index (χ3n) is 3.28. The summed E-state index contributed by atoms with van der Waals surface area (Å²) in [6, 6.07) is 0. The van der Waals surface area contributed by atoms with E-state index < -0.39 is 0 Å². The van der Waals surface area contributed by atoms with E-state index in [-0.39, 0.29) is 17.9 Å². The molecule has 1 aliphatic carbocycles. The van der Waals surface area contributed by atoms with E-state index in [1.807, 2.05) is 13.8 Å². The summed E-state index contributed by atoms with van der Waals surface area (Å²) in [5.74, 6) is 0.576. The Labute approximate surface area is 80.3 Å². The molecule has 0 aromatic carbocycles. The molecule has 1 saturated carbocycles. The van der Waals surface area contributed by atoms with Crippen LogP contribution in [0.5, 0.6) is 0 Å². The average Bonchev–Trinajstić information content (AvgIpc) is 2.16. The number of Topliss-reactive ketones (excluding diaryl/α,β-unsaturated/α-hetero) is 1. The molecule has 1 aliphatic rings. The lowest BCUT2D eigenvalue weighted by Crippen LogP contribution is -2.33. The van der Waals surface area contributed by atoms with E-state index in [1.54, 1.807) is 0 Å². The second kappa shape index (κ2) is 4.75. The first-order chi connectivity index (χ1) is 6.16. The van der Waals surface area contributed by atoms with Gasteiger partial charge in [0.2, 0.25) is 0 Å². The van der Waals surface area contributed by atoms with Crippen molar-refractivity contribution in [1.29, 1.82) is 0 Å². The van der Waals surface area contributed by atoms with Gasteiger partial charge in [-0.25, -0.2) is 0 Å². The fourth-order valence-corrected chi connectivity index (χ4v) is 2.28. The van der Waals surface area contributed by atoms with Gasteiger partial charge in [0.1, 0.15) is 5.78 Å². The van der Waals surface area contributed by atoms with Crippen LogP contribution in [0.3, 0.4) is 0 Å². The molecule has 13 heavy (non-hydrogen) atoms. The second-order valence-corrected chi connectivity index (χ2v) is 4.12. The van der Waals surface area contributed by atoms with Crippen molar-refractivity contribution in [3.05, 3.63) is 0 Å². The van der Waals surface area contributed by atoms with Gasteiger partial charge in [-0.1, -0.05) is 26.7 Å². The maximum Gasteiger partial charge on any atom is 0.135 e. The van der Waals surface area contributed by atoms with Gasteiger partial charge >= 0.3 is 0 Å². The minimum absolute atomic E-state index is 0.0558. The first kappa shape index (κ1) is 10.7. The van der Waals surface area contributed by atoms with E-state index in [2.05, 4.69) is 0 Å². The van der Waals surface area contributed by atoms with Gasteiger partial charge in [0.25, 0.3) is 0 Å². The number of carbonyl (C=O) groups excluding carboxylic acids is 1. The first-order valence-electron chi connectivity index (χ1n) is 5.37. The molecule has 2 nitrogen and oxygen atoms in total. The molecule has 2 heteroatoms. The summed E-state index contributed by atoms with van der Waals surface area (Å²) in [5.41, 5.74) is 0. The van der Waals surface area contributed by atoms with Gasteiger partial charge in [-0.05, 0) is 18.8 Å². The molecule has 1 rings (SSSR count). The Morgan fingerprint density at radius 3 is 2.62 bits per heavy atom. The molecule has 0 amide bonds. The number of carbonyl (C=O) groups is 1. The summed E-state index contributed by atoms with van der Waals surface area (Å²) in [6.45, 7) is 3.86. The van der Waals surface area contributed by atoms with E-state index >= 15 is 0 Å². The molecule has 0 saturated heterocycles. The summed E-state index contributed by atoms with van der Waals surface area (Å²) in [4.78, 5) is 11.4. The van der Waals surface area contributed by atoms with E-state index in [4.69, 9.17) is 0 Å². The molecule has 76 valence electrons. The minimum atomic E-state index is -0.237. The highest BCUT2D eigenvalue weighted by molar-refractivity contribution is 5.80. The van der Waals surface area contributed by atoms with Gasteiger partial charge in [0.15, 0.2) is 0 Å². The fraction of sp³-hybridized carbons (Fsp3) is 0.909. The molecule has 0 aliphatic heterocycles. The molecular weight excluding hydrogens is 164 g/mol. The number of aliphatic hydroxyl groups is 1. The molecule has 0 bridgehead atoms. The third kappa shape index (κ3) is 2.53. The van der Waals surface area contributed by atoms with Crippen LogP contribution in [0.15, 0.2) is 0 Å². The molecule has 3 atom stereocenters. The molecule has 0 radical (unpaired) electrons. The van der Waals surface area contributed by atoms with E-state index in [0.717, 1.165) is 19.3 Å². The Morgan fingerprint density at radius 2 is 2.08 bits per heavy atom. The quantitative estimate of drug-likeness (QED) is 0.729. The van der Waals surface area contributed by atoms with Crippen molar-refractivity contribution in [2.45, 2.75) is 52.1 Å². The standard InChI is InChI=1S/C11H20O2/c1-3-10(12)8(2)9-6-4-5-7-11(9)13/h8-9,11,13H,3-7H2,1-2H3. The summed E-state index contributed by atoms with van der Waals surface area (Å²) in [7, 11) is 0. The Hall–Kier alpha value is -0.370. The number of rotatable bonds is 3. The Balaban J connectivity index is 2.53. The van der Waals surface area contributed by atoms with E-state index in [0.29, 0.717) is 12.2 Å². The van der Waals surface area contributed by atoms with Crippen molar-refractivity contribution >= 4 is 5.78 Å². The topological polar surface area (TPSA) is 37.3 Å². The zero-order valence-corrected chi connectivity index (χ0v) is 8.62. The van der Waals surface area contributed by atoms with Gasteiger partial charge in [-0.15, -0.1) is 0 Å². The summed E-state index contributed by atoms with van der Waals surface area (Å²) in [5, 5.41) is 9.73. The van der Waals surface area contributed by atoms with Crippen LogP contribution < -0.4 is 0 Å². The zero-order valence-electron chi connectivity index (χ0n) is 8.62. The van der Waals surface area contributed by atoms with Crippen molar-refractivity contribution in [1.82, 2.24) is 0 Å². The van der Waals surface area contributed by atoms with Crippen LogP contribution in [0.2, 0.25) is 0 Å². The van der Waals surface area contributed by atoms with Crippen LogP contribution in [0.1, 0.15) is 46.0 Å². The Kier molecular flexibility index (Phi) is 3.91. The highest BCUT2D eigenvalue weighted by Crippen LogP contribution is 2.31. The highest BCUT2D eigenvalue weighted by Gasteiger charge is 2.30. The fourth-order valence-electron chi connectivity index (χ4n) is 2.28. The van der Waals surface area contributed by atoms with Gasteiger partial charge in [0, 0.05) is 12.3 Å². The van der Waals surface area contributed by atoms with E-state index in [9.17, 15) is 9.90 Å². The van der Waals surface area contributed by atoms with Crippen LogP contribution in [-0.4, -0.2) is 17.0 Å². The molecule has 1 N–H and O–H groups in total. The minimum Gasteiger partial charge on any atom is -0.393 e. The first-order valence-corrected chi connectivity index (χ1v) is 5.37. The summed E-state index contributed by atoms with van der Waals surface area (Å²) >= 11 is 0. The molecule has 0 heterocycles. The summed E-state index contributed by atoms with van der Waals surface area (Å²) in [6.07, 6.45) is 4.55. The van der Waals surface area contributed by atoms with Crippen LogP contribution in [-0.2, 0) is 4.79 Å². The highest BCUT2D eigenvalue weighted by atomic mass is 16.3. The molecule has 0 aromatic heterocycles. The molecule has 0 aromatic rings. The lowest BCUT2D eigenvalue weighted by atomic mass is 9.76. The van der Waals surface area contributed by atoms with Crippen LogP contribution in [0.25, 0.3) is 0 Å². The van der Waals surface area contributed by atoms with Gasteiger partial charge < -0.3 is 5.11 Å². The van der Waals surface area contributed by atoms with Gasteiger partial charge in [0.05, 0.1) is 6.10 Å². The predicted octanol–water partition coefficient (Wildman–Crippen LogP) is 2.15. The van der Waals surface area contributed by atoms with Gasteiger partial charge in [-0.3, -0.25) is 4.79 Å². The Bertz CT molecular complexity index is 177. The van der Waals surface area contributed by atoms with E-state index in [1.165, 1.54) is 6.42 Å². The lowest BCUT2D eigenvalue weighted by Gasteiger charge is -2.31. The zero-order chi connectivity index (χ0) is 9.84. The number of ketones is 1. The second-order valence-electron chi connectivity index (χ2n) is 4.12. The smallest absolute Gasteiger partial charge is 0.135 e. The predicted molar refractivity (Wildman–Crippen MR) is 52.4 cm³/mol. The van der Waals surface area contributed by atoms with Crippen molar-refractivity contribution < 1.29 is 9.90 Å². The van der Waals surface area contributed by atoms with Crippen molar-refractivity contribution in [2.24, 2.45) is 11.8 Å². The largest absolute Gasteiger partial charge is 0.393 e. The monoisotopic (exact) mass is 184 g/mol. The Morgan fingerprint density at radius 1 is 1.46 bits per heavy atom. The SMILES string of the molecule is CCC(=O)C(C)C1CCCCC1O. The maximum atomic E-state index is 11.4. The number of aliphatic hydroxyl groups excluding tert-OH is 1. The molecule has 3 unspecified atom stereocenters. The van der Waals surface area contributed by atoms with Crippen LogP contribution >= 0.6 is 0 Å². The van der Waals surface area contributed by atoms with Crippen molar-refractivity contribution in [2.75, 3.05) is 0 Å². The molecule has 0 spiro atoms. The number of hydrogen-bond donors (Lipinski definition) is 1. The maximum absolute atomic E-state index is 11.4. The average molecular weight is 184 g/mol. The molecule has 1 fully saturated rings. The van der Waals surface area contributed by atoms with Crippen LogP contribution in [0, 0.1) is 11.8 Å². The summed E-state index contributed by atoms with van der Waals surface area (Å²) < 4.78 is 0. The van der Waals surface area contributed by atoms with Crippen molar-refractivity contribution in [3.63, 3.8) is 0 Å². The number of hydrogen-bond acceptors (Lipinski definition) is 2. The molecular formula is C11H20O2. The van der Waals surface area contributed by atoms with Crippen LogP contribution in [0.4, 0.5) is 0 Å². The normalized spacial score (nSPS) is 31.3. The van der Waals surface area contributed by atoms with Crippen molar-refractivity contribution in [3.8, 4) is 0 Å².